The molecule has 1 amide bonds. The van der Waals surface area contributed by atoms with Gasteiger partial charge < -0.3 is 10.2 Å². The van der Waals surface area contributed by atoms with Crippen molar-refractivity contribution in [3.05, 3.63) is 83.9 Å². The molecule has 0 heterocycles. The molecular formula is C21H18N2O3. The minimum absolute atomic E-state index is 0.0963. The maximum Gasteiger partial charge on any atom is 0.275 e. The Balaban J connectivity index is 1.79. The summed E-state index contributed by atoms with van der Waals surface area (Å²) in [5, 5.41) is 25.8. The number of hydrazone groups is 1. The number of phenols is 2. The Morgan fingerprint density at radius 2 is 1.81 bits per heavy atom. The van der Waals surface area contributed by atoms with Crippen molar-refractivity contribution < 1.29 is 15.0 Å². The highest BCUT2D eigenvalue weighted by Crippen LogP contribution is 2.25. The van der Waals surface area contributed by atoms with Gasteiger partial charge in [0, 0.05) is 5.56 Å². The molecule has 0 aliphatic carbocycles. The van der Waals surface area contributed by atoms with Gasteiger partial charge in [0.15, 0.2) is 0 Å². The Morgan fingerprint density at radius 1 is 1.08 bits per heavy atom. The molecule has 0 aromatic heterocycles. The second-order valence-electron chi connectivity index (χ2n) is 5.76. The van der Waals surface area contributed by atoms with Gasteiger partial charge in [-0.1, -0.05) is 42.5 Å². The van der Waals surface area contributed by atoms with Crippen molar-refractivity contribution in [1.82, 2.24) is 5.43 Å². The Bertz CT molecular complexity index is 1010. The van der Waals surface area contributed by atoms with Gasteiger partial charge in [0.1, 0.15) is 11.5 Å². The molecule has 0 saturated heterocycles. The number of carbonyl (C=O) groups is 1. The van der Waals surface area contributed by atoms with E-state index >= 15 is 0 Å². The van der Waals surface area contributed by atoms with Crippen LogP contribution in [0.15, 0.2) is 72.4 Å². The number of rotatable bonds is 5. The first-order valence-electron chi connectivity index (χ1n) is 8.07. The van der Waals surface area contributed by atoms with Gasteiger partial charge in [0.2, 0.25) is 0 Å². The highest BCUT2D eigenvalue weighted by Gasteiger charge is 2.12. The third-order valence-electron chi connectivity index (χ3n) is 3.99. The summed E-state index contributed by atoms with van der Waals surface area (Å²) in [6, 6.07) is 15.8. The Kier molecular flexibility index (Phi) is 4.99. The minimum atomic E-state index is -0.536. The highest BCUT2D eigenvalue weighted by molar-refractivity contribution is 6.01. The van der Waals surface area contributed by atoms with E-state index in [0.717, 1.165) is 16.3 Å². The zero-order valence-corrected chi connectivity index (χ0v) is 14.0. The summed E-state index contributed by atoms with van der Waals surface area (Å²) in [5.74, 6) is -0.558. The normalized spacial score (nSPS) is 10.9. The van der Waals surface area contributed by atoms with Crippen LogP contribution in [0.3, 0.4) is 0 Å². The maximum absolute atomic E-state index is 12.3. The average molecular weight is 346 g/mol. The molecule has 0 aliphatic heterocycles. The zero-order chi connectivity index (χ0) is 18.5. The summed E-state index contributed by atoms with van der Waals surface area (Å²) in [6.07, 6.45) is 3.59. The molecule has 130 valence electrons. The second-order valence-corrected chi connectivity index (χ2v) is 5.76. The van der Waals surface area contributed by atoms with E-state index in [9.17, 15) is 15.0 Å². The molecule has 0 atom stereocenters. The van der Waals surface area contributed by atoms with Gasteiger partial charge in [0.25, 0.3) is 5.91 Å². The number of nitrogens with one attached hydrogen (secondary N) is 1. The predicted molar refractivity (Wildman–Crippen MR) is 103 cm³/mol. The Morgan fingerprint density at radius 3 is 2.54 bits per heavy atom. The molecule has 26 heavy (non-hydrogen) atoms. The van der Waals surface area contributed by atoms with Gasteiger partial charge in [-0.3, -0.25) is 4.79 Å². The minimum Gasteiger partial charge on any atom is -0.507 e. The molecule has 5 heteroatoms. The van der Waals surface area contributed by atoms with Crippen LogP contribution in [0, 0.1) is 0 Å². The van der Waals surface area contributed by atoms with Gasteiger partial charge >= 0.3 is 0 Å². The smallest absolute Gasteiger partial charge is 0.275 e. The lowest BCUT2D eigenvalue weighted by Crippen LogP contribution is -2.17. The van der Waals surface area contributed by atoms with E-state index in [4.69, 9.17) is 0 Å². The topological polar surface area (TPSA) is 81.9 Å². The van der Waals surface area contributed by atoms with E-state index in [1.165, 1.54) is 6.21 Å². The molecule has 0 unspecified atom stereocenters. The summed E-state index contributed by atoms with van der Waals surface area (Å²) in [6.45, 7) is 3.65. The number of carbonyl (C=O) groups excluding carboxylic acids is 1. The highest BCUT2D eigenvalue weighted by atomic mass is 16.3. The predicted octanol–water partition coefficient (Wildman–Crippen LogP) is 3.74. The van der Waals surface area contributed by atoms with E-state index < -0.39 is 5.91 Å². The number of hydrogen-bond acceptors (Lipinski definition) is 4. The first kappa shape index (κ1) is 17.2. The van der Waals surface area contributed by atoms with Crippen molar-refractivity contribution in [2.24, 2.45) is 5.10 Å². The molecule has 0 radical (unpaired) electrons. The maximum atomic E-state index is 12.3. The number of fused-ring (bicyclic) bond motifs is 1. The van der Waals surface area contributed by atoms with Crippen LogP contribution >= 0.6 is 0 Å². The number of phenolic OH excluding ortho intramolecular Hbond substituents is 2. The largest absolute Gasteiger partial charge is 0.507 e. The number of hydrogen-bond donors (Lipinski definition) is 3. The third-order valence-corrected chi connectivity index (χ3v) is 3.99. The number of allylic oxidation sites excluding steroid dienone is 1. The van der Waals surface area contributed by atoms with Gasteiger partial charge in [-0.2, -0.15) is 5.10 Å². The van der Waals surface area contributed by atoms with E-state index in [2.05, 4.69) is 17.1 Å². The van der Waals surface area contributed by atoms with Crippen molar-refractivity contribution in [2.45, 2.75) is 6.42 Å². The number of para-hydroxylation sites is 1. The molecule has 5 nitrogen and oxygen atoms in total. The molecule has 3 rings (SSSR count). The van der Waals surface area contributed by atoms with Gasteiger partial charge in [-0.25, -0.2) is 5.43 Å². The van der Waals surface area contributed by atoms with E-state index in [1.807, 2.05) is 24.3 Å². The molecule has 0 spiro atoms. The first-order chi connectivity index (χ1) is 12.6. The van der Waals surface area contributed by atoms with Crippen molar-refractivity contribution >= 4 is 22.9 Å². The lowest BCUT2D eigenvalue weighted by atomic mass is 10.1. The quantitative estimate of drug-likeness (QED) is 0.374. The van der Waals surface area contributed by atoms with Crippen LogP contribution in [0.1, 0.15) is 21.5 Å². The lowest BCUT2D eigenvalue weighted by Gasteiger charge is -2.06. The molecule has 0 aliphatic rings. The SMILES string of the molecule is C=CCc1cccc(/C=N/NC(=O)c2cc3ccccc3cc2O)c1O. The van der Waals surface area contributed by atoms with Crippen molar-refractivity contribution in [2.75, 3.05) is 0 Å². The number of nitrogens with zero attached hydrogens (tertiary/aromatic N) is 1. The molecule has 3 aromatic carbocycles. The molecule has 3 N–H and O–H groups in total. The summed E-state index contributed by atoms with van der Waals surface area (Å²) < 4.78 is 0. The van der Waals surface area contributed by atoms with Gasteiger partial charge in [-0.05, 0) is 41.0 Å². The number of benzene rings is 3. The van der Waals surface area contributed by atoms with Gasteiger partial charge in [-0.15, -0.1) is 6.58 Å². The van der Waals surface area contributed by atoms with Crippen molar-refractivity contribution in [1.29, 1.82) is 0 Å². The van der Waals surface area contributed by atoms with Crippen LogP contribution < -0.4 is 5.43 Å². The van der Waals surface area contributed by atoms with E-state index in [1.54, 1.807) is 36.4 Å². The standard InChI is InChI=1S/C21H18N2O3/c1-2-6-14-9-5-10-17(20(14)25)13-22-23-21(26)18-11-15-7-3-4-8-16(15)12-19(18)24/h2-5,7-13,24-25H,1,6H2,(H,23,26)/b22-13+. The fraction of sp³-hybridized carbons (Fsp3) is 0.0476. The van der Waals surface area contributed by atoms with Crippen molar-refractivity contribution in [3.8, 4) is 11.5 Å². The van der Waals surface area contributed by atoms with Crippen molar-refractivity contribution in [3.63, 3.8) is 0 Å². The van der Waals surface area contributed by atoms with E-state index in [-0.39, 0.29) is 17.1 Å². The molecule has 0 bridgehead atoms. The third kappa shape index (κ3) is 3.57. The van der Waals surface area contributed by atoms with Crippen LogP contribution in [0.5, 0.6) is 11.5 Å². The fourth-order valence-corrected chi connectivity index (χ4v) is 2.67. The average Bonchev–Trinajstić information content (AvgIpc) is 2.64. The molecular weight excluding hydrogens is 328 g/mol. The van der Waals surface area contributed by atoms with Crippen LogP contribution in [-0.2, 0) is 6.42 Å². The molecule has 3 aromatic rings. The number of amides is 1. The second kappa shape index (κ2) is 7.53. The van der Waals surface area contributed by atoms with E-state index in [0.29, 0.717) is 12.0 Å². The summed E-state index contributed by atoms with van der Waals surface area (Å²) in [5.41, 5.74) is 3.70. The summed E-state index contributed by atoms with van der Waals surface area (Å²) in [4.78, 5) is 12.3. The first-order valence-corrected chi connectivity index (χ1v) is 8.07. The Hall–Kier alpha value is -3.60. The summed E-state index contributed by atoms with van der Waals surface area (Å²) in [7, 11) is 0. The lowest BCUT2D eigenvalue weighted by molar-refractivity contribution is 0.0952. The van der Waals surface area contributed by atoms with Gasteiger partial charge in [0.05, 0.1) is 11.8 Å². The van der Waals surface area contributed by atoms with Crippen LogP contribution in [-0.4, -0.2) is 22.3 Å². The zero-order valence-electron chi connectivity index (χ0n) is 14.0. The monoisotopic (exact) mass is 346 g/mol. The molecule has 0 saturated carbocycles. The van der Waals surface area contributed by atoms with Crippen LogP contribution in [0.4, 0.5) is 0 Å². The number of aromatic hydroxyl groups is 2. The summed E-state index contributed by atoms with van der Waals surface area (Å²) >= 11 is 0. The van der Waals surface area contributed by atoms with Crippen LogP contribution in [0.25, 0.3) is 10.8 Å². The molecule has 0 fully saturated rings. The Labute approximate surface area is 150 Å². The fourth-order valence-electron chi connectivity index (χ4n) is 2.67. The van der Waals surface area contributed by atoms with Crippen LogP contribution in [0.2, 0.25) is 0 Å².